The lowest BCUT2D eigenvalue weighted by atomic mass is 10.2. The first kappa shape index (κ1) is 18.9. The maximum Gasteiger partial charge on any atom is 0.331 e. The fourth-order valence-corrected chi connectivity index (χ4v) is 2.66. The Kier molecular flexibility index (Phi) is 5.75. The third kappa shape index (κ3) is 4.85. The van der Waals surface area contributed by atoms with Crippen LogP contribution in [-0.4, -0.2) is 24.8 Å². The second-order valence-electron chi connectivity index (χ2n) is 5.64. The van der Waals surface area contributed by atoms with Gasteiger partial charge in [0.15, 0.2) is 17.6 Å². The molecule has 2 aromatic rings. The summed E-state index contributed by atoms with van der Waals surface area (Å²) in [5.41, 5.74) is 0.706. The monoisotopic (exact) mass is 435 g/mol. The Morgan fingerprint density at radius 1 is 1.22 bits per heavy atom. The first-order chi connectivity index (χ1) is 12.9. The van der Waals surface area contributed by atoms with Gasteiger partial charge in [-0.25, -0.2) is 9.18 Å². The van der Waals surface area contributed by atoms with E-state index in [4.69, 9.17) is 14.2 Å². The highest BCUT2D eigenvalue weighted by atomic mass is 79.9. The van der Waals surface area contributed by atoms with E-state index in [2.05, 4.69) is 21.2 Å². The Labute approximate surface area is 163 Å². The van der Waals surface area contributed by atoms with Crippen LogP contribution in [0.4, 0.5) is 10.1 Å². The highest BCUT2D eigenvalue weighted by Gasteiger charge is 2.19. The third-order valence-corrected chi connectivity index (χ3v) is 4.15. The quantitative estimate of drug-likeness (QED) is 0.569. The minimum absolute atomic E-state index is 0.131. The largest absolute Gasteiger partial charge is 0.454 e. The lowest BCUT2D eigenvalue weighted by Gasteiger charge is -2.12. The van der Waals surface area contributed by atoms with Gasteiger partial charge in [0.05, 0.1) is 0 Å². The van der Waals surface area contributed by atoms with E-state index in [0.717, 1.165) is 6.08 Å². The van der Waals surface area contributed by atoms with E-state index in [0.29, 0.717) is 21.7 Å². The lowest BCUT2D eigenvalue weighted by Crippen LogP contribution is -2.29. The van der Waals surface area contributed by atoms with Gasteiger partial charge in [-0.15, -0.1) is 0 Å². The van der Waals surface area contributed by atoms with Gasteiger partial charge in [-0.3, -0.25) is 4.79 Å². The summed E-state index contributed by atoms with van der Waals surface area (Å²) < 4.78 is 29.8. The lowest BCUT2D eigenvalue weighted by molar-refractivity contribution is -0.148. The van der Waals surface area contributed by atoms with Crippen LogP contribution in [0, 0.1) is 5.82 Å². The minimum atomic E-state index is -1.04. The number of halogens is 2. The van der Waals surface area contributed by atoms with Crippen molar-refractivity contribution in [2.24, 2.45) is 0 Å². The van der Waals surface area contributed by atoms with Gasteiger partial charge in [-0.05, 0) is 43.3 Å². The zero-order valence-corrected chi connectivity index (χ0v) is 15.8. The number of benzene rings is 2. The predicted molar refractivity (Wildman–Crippen MR) is 99.9 cm³/mol. The van der Waals surface area contributed by atoms with Crippen LogP contribution in [0.3, 0.4) is 0 Å². The van der Waals surface area contributed by atoms with E-state index < -0.39 is 23.8 Å². The Bertz CT molecular complexity index is 915. The molecule has 2 aromatic carbocycles. The van der Waals surface area contributed by atoms with Crippen LogP contribution in [0.5, 0.6) is 11.5 Å². The van der Waals surface area contributed by atoms with Crippen molar-refractivity contribution in [3.05, 3.63) is 58.3 Å². The number of hydrogen-bond donors (Lipinski definition) is 1. The topological polar surface area (TPSA) is 73.9 Å². The molecule has 0 fully saturated rings. The van der Waals surface area contributed by atoms with E-state index in [1.165, 1.54) is 25.1 Å². The van der Waals surface area contributed by atoms with Gasteiger partial charge in [0, 0.05) is 27.9 Å². The Hall–Kier alpha value is -2.87. The summed E-state index contributed by atoms with van der Waals surface area (Å²) in [6.45, 7) is 1.57. The number of ether oxygens (including phenoxy) is 3. The molecule has 0 saturated carbocycles. The second kappa shape index (κ2) is 8.22. The molecule has 8 heteroatoms. The van der Waals surface area contributed by atoms with Crippen LogP contribution < -0.4 is 14.8 Å². The van der Waals surface area contributed by atoms with Gasteiger partial charge >= 0.3 is 5.97 Å². The van der Waals surface area contributed by atoms with E-state index in [1.807, 2.05) is 0 Å². The number of fused-ring (bicyclic) bond motifs is 1. The van der Waals surface area contributed by atoms with Crippen molar-refractivity contribution in [3.63, 3.8) is 0 Å². The zero-order valence-electron chi connectivity index (χ0n) is 14.2. The summed E-state index contributed by atoms with van der Waals surface area (Å²) >= 11 is 3.23. The summed E-state index contributed by atoms with van der Waals surface area (Å²) in [6.07, 6.45) is 1.31. The molecule has 1 atom stereocenters. The molecule has 1 aliphatic heterocycles. The minimum Gasteiger partial charge on any atom is -0.454 e. The molecule has 1 heterocycles. The molecule has 0 unspecified atom stereocenters. The Balaban J connectivity index is 1.56. The average molecular weight is 436 g/mol. The van der Waals surface area contributed by atoms with Crippen LogP contribution in [0.2, 0.25) is 0 Å². The molecule has 0 radical (unpaired) electrons. The number of nitrogens with one attached hydrogen (secondary N) is 1. The van der Waals surface area contributed by atoms with E-state index >= 15 is 0 Å². The fourth-order valence-electron chi connectivity index (χ4n) is 2.29. The summed E-state index contributed by atoms with van der Waals surface area (Å²) in [5.74, 6) is -0.628. The van der Waals surface area contributed by atoms with E-state index in [1.54, 1.807) is 24.3 Å². The predicted octanol–water partition coefficient (Wildman–Crippen LogP) is 3.90. The van der Waals surface area contributed by atoms with Crippen LogP contribution in [0.1, 0.15) is 12.5 Å². The fraction of sp³-hybridized carbons (Fsp3) is 0.158. The summed E-state index contributed by atoms with van der Waals surface area (Å²) in [7, 11) is 0. The molecule has 27 heavy (non-hydrogen) atoms. The molecular weight excluding hydrogens is 421 g/mol. The van der Waals surface area contributed by atoms with Gasteiger partial charge in [0.1, 0.15) is 5.82 Å². The number of hydrogen-bond acceptors (Lipinski definition) is 5. The van der Waals surface area contributed by atoms with Crippen molar-refractivity contribution >= 4 is 39.6 Å². The van der Waals surface area contributed by atoms with Gasteiger partial charge in [0.2, 0.25) is 6.79 Å². The number of carbonyl (C=O) groups excluding carboxylic acids is 2. The van der Waals surface area contributed by atoms with Crippen molar-refractivity contribution in [1.29, 1.82) is 0 Å². The molecule has 0 aliphatic carbocycles. The smallest absolute Gasteiger partial charge is 0.331 e. The number of rotatable bonds is 5. The van der Waals surface area contributed by atoms with Gasteiger partial charge in [-0.2, -0.15) is 0 Å². The molecular formula is C19H15BrFNO5. The summed E-state index contributed by atoms with van der Waals surface area (Å²) in [4.78, 5) is 24.0. The van der Waals surface area contributed by atoms with Gasteiger partial charge in [-0.1, -0.05) is 15.9 Å². The average Bonchev–Trinajstić information content (AvgIpc) is 3.10. The van der Waals surface area contributed by atoms with Crippen LogP contribution >= 0.6 is 15.9 Å². The summed E-state index contributed by atoms with van der Waals surface area (Å²) in [6, 6.07) is 9.28. The number of carbonyl (C=O) groups is 2. The van der Waals surface area contributed by atoms with Gasteiger partial charge in [0.25, 0.3) is 5.91 Å². The summed E-state index contributed by atoms with van der Waals surface area (Å²) in [5, 5.41) is 2.63. The molecule has 6 nitrogen and oxygen atoms in total. The molecule has 0 aromatic heterocycles. The highest BCUT2D eigenvalue weighted by molar-refractivity contribution is 9.10. The standard InChI is InChI=1S/C19H15BrFNO5/c1-11(19(24)22-14-4-6-16-17(9-14)26-10-25-16)27-18(23)7-2-12-8-13(20)3-5-15(12)21/h2-9,11H,10H2,1H3,(H,22,24)/b7-2-/t11-/m1/s1. The normalized spacial score (nSPS) is 13.4. The molecule has 0 saturated heterocycles. The third-order valence-electron chi connectivity index (χ3n) is 3.66. The van der Waals surface area contributed by atoms with Crippen molar-refractivity contribution in [3.8, 4) is 11.5 Å². The molecule has 140 valence electrons. The maximum absolute atomic E-state index is 13.6. The molecule has 3 rings (SSSR count). The first-order valence-electron chi connectivity index (χ1n) is 7.96. The molecule has 0 bridgehead atoms. The van der Waals surface area contributed by atoms with Crippen molar-refractivity contribution in [1.82, 2.24) is 0 Å². The molecule has 1 aliphatic rings. The van der Waals surface area contributed by atoms with Crippen molar-refractivity contribution < 1.29 is 28.2 Å². The van der Waals surface area contributed by atoms with E-state index in [9.17, 15) is 14.0 Å². The van der Waals surface area contributed by atoms with E-state index in [-0.39, 0.29) is 12.4 Å². The van der Waals surface area contributed by atoms with Crippen LogP contribution in [-0.2, 0) is 14.3 Å². The first-order valence-corrected chi connectivity index (χ1v) is 8.76. The molecule has 1 amide bonds. The highest BCUT2D eigenvalue weighted by Crippen LogP contribution is 2.34. The van der Waals surface area contributed by atoms with Gasteiger partial charge < -0.3 is 19.5 Å². The van der Waals surface area contributed by atoms with Crippen molar-refractivity contribution in [2.75, 3.05) is 12.1 Å². The SMILES string of the molecule is C[C@@H](OC(=O)/C=C\c1cc(Br)ccc1F)C(=O)Nc1ccc2c(c1)OCO2. The Morgan fingerprint density at radius 2 is 2.00 bits per heavy atom. The second-order valence-corrected chi connectivity index (χ2v) is 6.55. The number of amides is 1. The van der Waals surface area contributed by atoms with Crippen LogP contribution in [0.15, 0.2) is 46.9 Å². The number of anilines is 1. The molecule has 0 spiro atoms. The Morgan fingerprint density at radius 3 is 2.81 bits per heavy atom. The van der Waals surface area contributed by atoms with Crippen LogP contribution in [0.25, 0.3) is 6.08 Å². The number of esters is 1. The van der Waals surface area contributed by atoms with Crippen molar-refractivity contribution in [2.45, 2.75) is 13.0 Å². The molecule has 1 N–H and O–H groups in total. The zero-order chi connectivity index (χ0) is 19.4. The maximum atomic E-state index is 13.6.